The van der Waals surface area contributed by atoms with Crippen LogP contribution in [0.2, 0.25) is 0 Å². The third-order valence-corrected chi connectivity index (χ3v) is 2.38. The predicted octanol–water partition coefficient (Wildman–Crippen LogP) is -4.31. The Morgan fingerprint density at radius 2 is 1.47 bits per heavy atom. The lowest BCUT2D eigenvalue weighted by molar-refractivity contribution is -0.278. The largest absolute Gasteiger partial charge is 0.860 e. The molecule has 11 nitrogen and oxygen atoms in total. The summed E-state index contributed by atoms with van der Waals surface area (Å²) in [6.45, 7) is 0. The molecule has 2 heterocycles. The quantitative estimate of drug-likeness (QED) is 0.319. The van der Waals surface area contributed by atoms with Crippen molar-refractivity contribution in [3.63, 3.8) is 0 Å². The molecule has 5 N–H and O–H groups in total. The molecule has 1 fully saturated rings. The van der Waals surface area contributed by atoms with Crippen LogP contribution in [0.1, 0.15) is 5.56 Å². The van der Waals surface area contributed by atoms with Gasteiger partial charge in [0.05, 0.1) is 5.56 Å². The second kappa shape index (κ2) is 3.78. The summed E-state index contributed by atoms with van der Waals surface area (Å²) in [5.74, 6) is -4.57. The Balaban J connectivity index is 2.73. The minimum Gasteiger partial charge on any atom is -0.860 e. The Kier molecular flexibility index (Phi) is 2.49. The van der Waals surface area contributed by atoms with Crippen LogP contribution in [-0.2, 0) is 15.2 Å². The van der Waals surface area contributed by atoms with Crippen LogP contribution in [0.3, 0.4) is 0 Å². The Labute approximate surface area is 102 Å². The highest BCUT2D eigenvalue weighted by molar-refractivity contribution is 6.21. The number of carbonyl (C=O) groups is 3. The smallest absolute Gasteiger partial charge is 0.328 e. The number of imide groups is 2. The third kappa shape index (κ3) is 1.68. The van der Waals surface area contributed by atoms with Crippen LogP contribution in [0.25, 0.3) is 0 Å². The van der Waals surface area contributed by atoms with Crippen molar-refractivity contribution in [3.05, 3.63) is 26.4 Å². The lowest BCUT2D eigenvalue weighted by Crippen LogP contribution is -2.66. The first-order valence-electron chi connectivity index (χ1n) is 4.70. The fourth-order valence-corrected chi connectivity index (χ4v) is 1.54. The van der Waals surface area contributed by atoms with Gasteiger partial charge >= 0.3 is 11.7 Å². The van der Waals surface area contributed by atoms with Gasteiger partial charge in [-0.05, 0) is 5.88 Å². The molecule has 0 unspecified atom stereocenters. The molecular weight excluding hydrogens is 264 g/mol. The summed E-state index contributed by atoms with van der Waals surface area (Å²) >= 11 is 0. The number of nitrogens with one attached hydrogen (secondary N) is 4. The maximum atomic E-state index is 11.5. The second-order valence-electron chi connectivity index (χ2n) is 3.56. The Hall–Kier alpha value is -2.95. The van der Waals surface area contributed by atoms with E-state index in [9.17, 15) is 34.2 Å². The Morgan fingerprint density at radius 1 is 0.947 bits per heavy atom. The van der Waals surface area contributed by atoms with Gasteiger partial charge in [0.2, 0.25) is 0 Å². The summed E-state index contributed by atoms with van der Waals surface area (Å²) in [5.41, 5.74) is -7.01. The zero-order chi connectivity index (χ0) is 14.4. The predicted molar refractivity (Wildman–Crippen MR) is 52.7 cm³/mol. The van der Waals surface area contributed by atoms with Gasteiger partial charge in [-0.25, -0.2) is 9.59 Å². The third-order valence-electron chi connectivity index (χ3n) is 2.38. The zero-order valence-electron chi connectivity index (χ0n) is 8.90. The topological polar surface area (TPSA) is 184 Å². The van der Waals surface area contributed by atoms with Crippen molar-refractivity contribution in [3.8, 4) is 5.88 Å². The maximum Gasteiger partial charge on any atom is 0.328 e. The molecule has 0 aliphatic carbocycles. The van der Waals surface area contributed by atoms with Crippen LogP contribution in [0.5, 0.6) is 5.88 Å². The summed E-state index contributed by atoms with van der Waals surface area (Å²) in [5, 5.41) is 24.4. The first-order chi connectivity index (χ1) is 8.76. The molecule has 0 radical (unpaired) electrons. The van der Waals surface area contributed by atoms with Crippen molar-refractivity contribution in [2.24, 2.45) is 0 Å². The molecule has 0 aromatic carbocycles. The fourth-order valence-electron chi connectivity index (χ4n) is 1.54. The average Bonchev–Trinajstić information content (AvgIpc) is 2.24. The van der Waals surface area contributed by atoms with Gasteiger partial charge in [-0.15, -0.1) is 0 Å². The Morgan fingerprint density at radius 3 is 1.95 bits per heavy atom. The molecule has 1 aliphatic rings. The number of hydrogen-bond acceptors (Lipinski definition) is 7. The van der Waals surface area contributed by atoms with E-state index >= 15 is 0 Å². The van der Waals surface area contributed by atoms with Crippen LogP contribution < -0.4 is 27.0 Å². The summed E-state index contributed by atoms with van der Waals surface area (Å²) in [6.07, 6.45) is 0. The van der Waals surface area contributed by atoms with E-state index in [1.54, 1.807) is 9.97 Å². The van der Waals surface area contributed by atoms with Crippen molar-refractivity contribution < 1.29 is 24.6 Å². The van der Waals surface area contributed by atoms with E-state index in [-0.39, 0.29) is 0 Å². The molecule has 2 rings (SSSR count). The molecule has 0 saturated carbocycles. The molecule has 1 aromatic heterocycles. The molecule has 0 bridgehead atoms. The minimum atomic E-state index is -3.21. The summed E-state index contributed by atoms with van der Waals surface area (Å²) < 4.78 is 0. The number of hydrogen-bond donors (Lipinski definition) is 5. The van der Waals surface area contributed by atoms with Gasteiger partial charge in [0.1, 0.15) is 0 Å². The highest BCUT2D eigenvalue weighted by Gasteiger charge is 2.52. The Bertz CT molecular complexity index is 695. The molecule has 11 heteroatoms. The van der Waals surface area contributed by atoms with Gasteiger partial charge < -0.3 is 15.2 Å². The number of aromatic amines is 2. The fraction of sp³-hybridized carbons (Fsp3) is 0.125. The number of aromatic nitrogens is 2. The van der Waals surface area contributed by atoms with Crippen molar-refractivity contribution in [1.29, 1.82) is 0 Å². The summed E-state index contributed by atoms with van der Waals surface area (Å²) in [4.78, 5) is 59.3. The number of barbiturate groups is 1. The lowest BCUT2D eigenvalue weighted by Gasteiger charge is -2.30. The van der Waals surface area contributed by atoms with Gasteiger partial charge in [0.15, 0.2) is 0 Å². The number of urea groups is 1. The van der Waals surface area contributed by atoms with Crippen LogP contribution >= 0.6 is 0 Å². The minimum absolute atomic E-state index is 1.17. The number of amides is 4. The monoisotopic (exact) mass is 269 g/mol. The van der Waals surface area contributed by atoms with E-state index in [1.807, 2.05) is 0 Å². The number of rotatable bonds is 1. The van der Waals surface area contributed by atoms with Crippen molar-refractivity contribution in [2.75, 3.05) is 0 Å². The molecule has 0 atom stereocenters. The molecule has 1 aromatic rings. The van der Waals surface area contributed by atoms with E-state index in [4.69, 9.17) is 0 Å². The molecule has 100 valence electrons. The first kappa shape index (κ1) is 12.5. The van der Waals surface area contributed by atoms with Crippen LogP contribution in [0.15, 0.2) is 9.59 Å². The normalized spacial score (nSPS) is 17.8. The molecule has 4 amide bonds. The summed E-state index contributed by atoms with van der Waals surface area (Å²) in [6, 6.07) is -1.21. The van der Waals surface area contributed by atoms with Crippen LogP contribution in [0.4, 0.5) is 4.79 Å². The van der Waals surface area contributed by atoms with Gasteiger partial charge in [0.25, 0.3) is 23.0 Å². The molecule has 1 aliphatic heterocycles. The highest BCUT2D eigenvalue weighted by atomic mass is 16.3. The van der Waals surface area contributed by atoms with Gasteiger partial charge in [-0.2, -0.15) is 0 Å². The first-order valence-corrected chi connectivity index (χ1v) is 4.70. The molecule has 0 spiro atoms. The number of carbonyl (C=O) groups excluding carboxylic acids is 3. The van der Waals surface area contributed by atoms with E-state index in [0.29, 0.717) is 0 Å². The summed E-state index contributed by atoms with van der Waals surface area (Å²) in [7, 11) is 0. The number of aliphatic hydroxyl groups is 1. The van der Waals surface area contributed by atoms with Gasteiger partial charge in [-0.1, -0.05) is 0 Å². The van der Waals surface area contributed by atoms with Gasteiger partial charge in [-0.3, -0.25) is 30.0 Å². The molecule has 1 saturated heterocycles. The van der Waals surface area contributed by atoms with E-state index in [1.165, 1.54) is 10.6 Å². The highest BCUT2D eigenvalue weighted by Crippen LogP contribution is 2.24. The van der Waals surface area contributed by atoms with Gasteiger partial charge in [0, 0.05) is 0 Å². The average molecular weight is 269 g/mol. The molecule has 19 heavy (non-hydrogen) atoms. The van der Waals surface area contributed by atoms with E-state index in [0.717, 1.165) is 0 Å². The lowest BCUT2D eigenvalue weighted by atomic mass is 9.92. The van der Waals surface area contributed by atoms with E-state index in [2.05, 4.69) is 0 Å². The standard InChI is InChI=1S/C8H6N4O7/c13-2-1(3(14)10-6(17)9-2)8(19)4(15)11-7(18)12-5(8)16/h19H,(H3,9,10,13,14,17)(H2,11,12,15,16,18)/p-1. The van der Waals surface area contributed by atoms with Crippen LogP contribution in [0, 0.1) is 0 Å². The zero-order valence-corrected chi connectivity index (χ0v) is 8.90. The maximum absolute atomic E-state index is 11.5. The van der Waals surface area contributed by atoms with Crippen molar-refractivity contribution in [1.82, 2.24) is 20.6 Å². The van der Waals surface area contributed by atoms with Crippen molar-refractivity contribution in [2.45, 2.75) is 5.60 Å². The second-order valence-corrected chi connectivity index (χ2v) is 3.56. The SMILES string of the molecule is O=C1NC(=O)C(O)(c2c([O-])[nH]c(=O)[nH]c2=O)C(=O)N1. The number of H-pyrrole nitrogens is 2. The van der Waals surface area contributed by atoms with Crippen LogP contribution in [-0.4, -0.2) is 32.9 Å². The molecular formula is C8H5N4O7-. The van der Waals surface area contributed by atoms with Crippen molar-refractivity contribution >= 4 is 17.8 Å². The van der Waals surface area contributed by atoms with E-state index < -0.39 is 46.1 Å².